The first-order valence-electron chi connectivity index (χ1n) is 5.18. The van der Waals surface area contributed by atoms with E-state index in [0.29, 0.717) is 10.2 Å². The quantitative estimate of drug-likeness (QED) is 0.943. The normalized spacial score (nSPS) is 11.2. The lowest BCUT2D eigenvalue weighted by Gasteiger charge is -2.09. The van der Waals surface area contributed by atoms with Crippen LogP contribution in [0.15, 0.2) is 52.1 Å². The lowest BCUT2D eigenvalue weighted by molar-refractivity contribution is 0.601. The molecule has 18 heavy (non-hydrogen) atoms. The molecule has 2 aromatic rings. The van der Waals surface area contributed by atoms with E-state index in [4.69, 9.17) is 0 Å². The van der Waals surface area contributed by atoms with Crippen molar-refractivity contribution in [3.63, 3.8) is 0 Å². The highest BCUT2D eigenvalue weighted by Crippen LogP contribution is 2.23. The summed E-state index contributed by atoms with van der Waals surface area (Å²) in [5.41, 5.74) is 1.36. The number of anilines is 1. The highest BCUT2D eigenvalue weighted by atomic mass is 79.9. The minimum Gasteiger partial charge on any atom is -0.278 e. The zero-order valence-corrected chi connectivity index (χ0v) is 12.0. The van der Waals surface area contributed by atoms with Crippen molar-refractivity contribution in [3.05, 3.63) is 52.8 Å². The number of hydrogen-bond donors (Lipinski definition) is 1. The van der Waals surface area contributed by atoms with Crippen LogP contribution < -0.4 is 4.72 Å². The van der Waals surface area contributed by atoms with Gasteiger partial charge in [0.15, 0.2) is 0 Å². The summed E-state index contributed by atoms with van der Waals surface area (Å²) in [5, 5.41) is 0. The van der Waals surface area contributed by atoms with Crippen molar-refractivity contribution < 1.29 is 8.42 Å². The van der Waals surface area contributed by atoms with Gasteiger partial charge in [0.1, 0.15) is 0 Å². The molecule has 0 saturated heterocycles. The van der Waals surface area contributed by atoms with Crippen LogP contribution in [0.2, 0.25) is 0 Å². The lowest BCUT2D eigenvalue weighted by atomic mass is 10.2. The topological polar surface area (TPSA) is 59.1 Å². The van der Waals surface area contributed by atoms with E-state index in [9.17, 15) is 8.42 Å². The Kier molecular flexibility index (Phi) is 3.68. The molecule has 0 unspecified atom stereocenters. The molecule has 6 heteroatoms. The first-order valence-corrected chi connectivity index (χ1v) is 7.46. The second-order valence-corrected chi connectivity index (χ2v) is 6.31. The summed E-state index contributed by atoms with van der Waals surface area (Å²) in [4.78, 5) is 4.12. The summed E-state index contributed by atoms with van der Waals surface area (Å²) in [5.74, 6) is 0. The standard InChI is InChI=1S/C12H11BrN2O2S/c1-9-3-2-4-10(7-9)18(16,17)15-12-5-6-14-8-11(12)13/h2-8H,1H3,(H,14,15). The molecule has 0 amide bonds. The van der Waals surface area contributed by atoms with Crippen molar-refractivity contribution in [3.8, 4) is 0 Å². The van der Waals surface area contributed by atoms with E-state index in [-0.39, 0.29) is 4.90 Å². The van der Waals surface area contributed by atoms with Gasteiger partial charge >= 0.3 is 0 Å². The zero-order valence-electron chi connectivity index (χ0n) is 9.59. The molecule has 1 aromatic heterocycles. The third-order valence-electron chi connectivity index (χ3n) is 2.32. The predicted octanol–water partition coefficient (Wildman–Crippen LogP) is 2.95. The summed E-state index contributed by atoms with van der Waals surface area (Å²) in [7, 11) is -3.57. The highest BCUT2D eigenvalue weighted by molar-refractivity contribution is 9.10. The number of nitrogens with zero attached hydrogens (tertiary/aromatic N) is 1. The van der Waals surface area contributed by atoms with Crippen molar-refractivity contribution in [2.24, 2.45) is 0 Å². The van der Waals surface area contributed by atoms with E-state index in [1.54, 1.807) is 24.3 Å². The van der Waals surface area contributed by atoms with Gasteiger partial charge in [0.2, 0.25) is 0 Å². The Labute approximate surface area is 114 Å². The van der Waals surface area contributed by atoms with E-state index < -0.39 is 10.0 Å². The molecule has 2 rings (SSSR count). The van der Waals surface area contributed by atoms with Gasteiger partial charge in [0, 0.05) is 12.4 Å². The number of aryl methyl sites for hydroxylation is 1. The third kappa shape index (κ3) is 2.88. The van der Waals surface area contributed by atoms with Gasteiger partial charge in [-0.1, -0.05) is 12.1 Å². The minimum atomic E-state index is -3.57. The smallest absolute Gasteiger partial charge is 0.261 e. The second kappa shape index (κ2) is 5.07. The summed E-state index contributed by atoms with van der Waals surface area (Å²) < 4.78 is 27.4. The third-order valence-corrected chi connectivity index (χ3v) is 4.31. The summed E-state index contributed by atoms with van der Waals surface area (Å²) >= 11 is 3.25. The van der Waals surface area contributed by atoms with Crippen LogP contribution in [-0.4, -0.2) is 13.4 Å². The molecule has 0 fully saturated rings. The Bertz CT molecular complexity index is 671. The molecule has 0 aliphatic heterocycles. The molecule has 0 saturated carbocycles. The van der Waals surface area contributed by atoms with E-state index >= 15 is 0 Å². The summed E-state index contributed by atoms with van der Waals surface area (Å²) in [6.07, 6.45) is 3.06. The number of pyridine rings is 1. The maximum Gasteiger partial charge on any atom is 0.261 e. The van der Waals surface area contributed by atoms with Crippen LogP contribution in [0.3, 0.4) is 0 Å². The molecule has 0 atom stereocenters. The molecule has 1 aromatic carbocycles. The predicted molar refractivity (Wildman–Crippen MR) is 73.9 cm³/mol. The Hall–Kier alpha value is -1.40. The number of rotatable bonds is 3. The molecule has 4 nitrogen and oxygen atoms in total. The van der Waals surface area contributed by atoms with Crippen molar-refractivity contribution in [2.45, 2.75) is 11.8 Å². The van der Waals surface area contributed by atoms with Crippen LogP contribution in [0.25, 0.3) is 0 Å². The molecule has 94 valence electrons. The van der Waals surface area contributed by atoms with Gasteiger partial charge in [0.05, 0.1) is 15.1 Å². The SMILES string of the molecule is Cc1cccc(S(=O)(=O)Nc2ccncc2Br)c1. The molecule has 0 spiro atoms. The largest absolute Gasteiger partial charge is 0.278 e. The maximum atomic E-state index is 12.2. The van der Waals surface area contributed by atoms with E-state index in [2.05, 4.69) is 25.6 Å². The zero-order chi connectivity index (χ0) is 13.2. The van der Waals surface area contributed by atoms with E-state index in [1.807, 2.05) is 13.0 Å². The molecule has 0 bridgehead atoms. The van der Waals surface area contributed by atoms with Crippen LogP contribution in [0.4, 0.5) is 5.69 Å². The number of benzene rings is 1. The fourth-order valence-electron chi connectivity index (χ4n) is 1.44. The molecule has 0 radical (unpaired) electrons. The Morgan fingerprint density at radius 2 is 2.06 bits per heavy atom. The number of aromatic nitrogens is 1. The monoisotopic (exact) mass is 326 g/mol. The van der Waals surface area contributed by atoms with Crippen LogP contribution in [-0.2, 0) is 10.0 Å². The first kappa shape index (κ1) is 13.0. The Morgan fingerprint density at radius 3 is 2.72 bits per heavy atom. The van der Waals surface area contributed by atoms with Crippen molar-refractivity contribution >= 4 is 31.6 Å². The number of halogens is 1. The number of nitrogens with one attached hydrogen (secondary N) is 1. The van der Waals surface area contributed by atoms with Gasteiger partial charge in [0.25, 0.3) is 10.0 Å². The fourth-order valence-corrected chi connectivity index (χ4v) is 3.11. The van der Waals surface area contributed by atoms with E-state index in [1.165, 1.54) is 12.4 Å². The van der Waals surface area contributed by atoms with Gasteiger partial charge in [-0.25, -0.2) is 8.42 Å². The maximum absolute atomic E-state index is 12.2. The van der Waals surface area contributed by atoms with Gasteiger partial charge in [-0.15, -0.1) is 0 Å². The first-order chi connectivity index (χ1) is 8.49. The van der Waals surface area contributed by atoms with Gasteiger partial charge < -0.3 is 0 Å². The lowest BCUT2D eigenvalue weighted by Crippen LogP contribution is -2.13. The second-order valence-electron chi connectivity index (χ2n) is 3.78. The number of hydrogen-bond acceptors (Lipinski definition) is 3. The van der Waals surface area contributed by atoms with Crippen LogP contribution in [0.1, 0.15) is 5.56 Å². The highest BCUT2D eigenvalue weighted by Gasteiger charge is 2.15. The molecule has 1 N–H and O–H groups in total. The molecular weight excluding hydrogens is 316 g/mol. The van der Waals surface area contributed by atoms with Crippen LogP contribution in [0.5, 0.6) is 0 Å². The average molecular weight is 327 g/mol. The summed E-state index contributed by atoms with van der Waals surface area (Å²) in [6.45, 7) is 1.85. The van der Waals surface area contributed by atoms with Gasteiger partial charge in [-0.05, 0) is 46.6 Å². The van der Waals surface area contributed by atoms with Crippen LogP contribution >= 0.6 is 15.9 Å². The molecule has 0 aliphatic rings. The fraction of sp³-hybridized carbons (Fsp3) is 0.0833. The van der Waals surface area contributed by atoms with Crippen molar-refractivity contribution in [1.29, 1.82) is 0 Å². The molecular formula is C12H11BrN2O2S. The summed E-state index contributed by atoms with van der Waals surface area (Å²) in [6, 6.07) is 8.34. The van der Waals surface area contributed by atoms with E-state index in [0.717, 1.165) is 5.56 Å². The minimum absolute atomic E-state index is 0.242. The Balaban J connectivity index is 2.37. The van der Waals surface area contributed by atoms with Gasteiger partial charge in [-0.3, -0.25) is 9.71 Å². The van der Waals surface area contributed by atoms with Crippen molar-refractivity contribution in [1.82, 2.24) is 4.98 Å². The number of sulfonamides is 1. The Morgan fingerprint density at radius 1 is 1.28 bits per heavy atom. The van der Waals surface area contributed by atoms with Gasteiger partial charge in [-0.2, -0.15) is 0 Å². The molecule has 0 aliphatic carbocycles. The van der Waals surface area contributed by atoms with Crippen LogP contribution in [0, 0.1) is 6.92 Å². The average Bonchev–Trinajstić information content (AvgIpc) is 2.32. The molecule has 1 heterocycles. The van der Waals surface area contributed by atoms with Crippen molar-refractivity contribution in [2.75, 3.05) is 4.72 Å².